The molecule has 1 fully saturated rings. The lowest BCUT2D eigenvalue weighted by atomic mass is 9.87. The number of piperidine rings is 1. The Morgan fingerprint density at radius 3 is 2.61 bits per heavy atom. The SMILES string of the molecule is CN1CCC(c2c(O)cc(O)c3c(=S)cc(-c4ccccc4Cl)oc23)C(=S)C1. The van der Waals surface area contributed by atoms with Gasteiger partial charge in [-0.3, -0.25) is 0 Å². The Bertz CT molecular complexity index is 1160. The van der Waals surface area contributed by atoms with Crippen LogP contribution in [0.25, 0.3) is 22.3 Å². The number of hydrogen-bond donors (Lipinski definition) is 2. The molecule has 0 bridgehead atoms. The number of fused-ring (bicyclic) bond motifs is 1. The first kappa shape index (κ1) is 19.3. The summed E-state index contributed by atoms with van der Waals surface area (Å²) in [5.41, 5.74) is 1.62. The van der Waals surface area contributed by atoms with Crippen molar-refractivity contribution in [3.8, 4) is 22.8 Å². The molecule has 1 aliphatic heterocycles. The average molecular weight is 432 g/mol. The molecule has 2 aromatic carbocycles. The van der Waals surface area contributed by atoms with Crippen molar-refractivity contribution < 1.29 is 14.6 Å². The number of phenols is 2. The Labute approximate surface area is 178 Å². The summed E-state index contributed by atoms with van der Waals surface area (Å²) in [7, 11) is 2.01. The van der Waals surface area contributed by atoms with Gasteiger partial charge < -0.3 is 19.5 Å². The van der Waals surface area contributed by atoms with E-state index in [1.54, 1.807) is 12.1 Å². The molecule has 2 N–H and O–H groups in total. The first-order chi connectivity index (χ1) is 13.4. The van der Waals surface area contributed by atoms with Crippen LogP contribution in [0.2, 0.25) is 5.02 Å². The third-order valence-electron chi connectivity index (χ3n) is 5.10. The second kappa shape index (κ2) is 7.44. The average Bonchev–Trinajstić information content (AvgIpc) is 2.63. The van der Waals surface area contributed by atoms with Crippen molar-refractivity contribution in [3.63, 3.8) is 0 Å². The number of likely N-dealkylation sites (tertiary alicyclic amines) is 1. The van der Waals surface area contributed by atoms with E-state index in [9.17, 15) is 10.2 Å². The number of benzene rings is 2. The quantitative estimate of drug-likeness (QED) is 0.509. The van der Waals surface area contributed by atoms with Gasteiger partial charge in [-0.2, -0.15) is 0 Å². The molecule has 0 spiro atoms. The van der Waals surface area contributed by atoms with E-state index in [0.717, 1.165) is 17.8 Å². The fraction of sp³-hybridized carbons (Fsp3) is 0.238. The third-order valence-corrected chi connectivity index (χ3v) is 6.16. The number of hydrogen-bond acceptors (Lipinski definition) is 6. The minimum absolute atomic E-state index is 0.0450. The van der Waals surface area contributed by atoms with Crippen LogP contribution in [0.15, 0.2) is 40.8 Å². The van der Waals surface area contributed by atoms with E-state index in [0.29, 0.717) is 43.9 Å². The normalized spacial score (nSPS) is 17.9. The summed E-state index contributed by atoms with van der Waals surface area (Å²) in [4.78, 5) is 2.96. The molecule has 7 heteroatoms. The van der Waals surface area contributed by atoms with Gasteiger partial charge in [-0.25, -0.2) is 0 Å². The van der Waals surface area contributed by atoms with Crippen LogP contribution in [0, 0.1) is 4.51 Å². The zero-order valence-corrected chi connectivity index (χ0v) is 17.5. The fourth-order valence-electron chi connectivity index (χ4n) is 3.72. The van der Waals surface area contributed by atoms with Gasteiger partial charge in [-0.05, 0) is 32.1 Å². The highest BCUT2D eigenvalue weighted by molar-refractivity contribution is 7.80. The maximum Gasteiger partial charge on any atom is 0.147 e. The predicted octanol–water partition coefficient (Wildman–Crippen LogP) is 5.68. The van der Waals surface area contributed by atoms with Crippen LogP contribution in [0.3, 0.4) is 0 Å². The molecule has 0 aliphatic carbocycles. The molecular weight excluding hydrogens is 414 g/mol. The van der Waals surface area contributed by atoms with E-state index in [4.69, 9.17) is 40.5 Å². The summed E-state index contributed by atoms with van der Waals surface area (Å²) >= 11 is 17.5. The molecule has 2 heterocycles. The number of aromatic hydroxyl groups is 2. The van der Waals surface area contributed by atoms with E-state index in [1.807, 2.05) is 25.2 Å². The lowest BCUT2D eigenvalue weighted by Crippen LogP contribution is -2.36. The first-order valence-corrected chi connectivity index (χ1v) is 10.0. The van der Waals surface area contributed by atoms with E-state index in [-0.39, 0.29) is 17.4 Å². The number of halogens is 1. The summed E-state index contributed by atoms with van der Waals surface area (Å²) < 4.78 is 6.61. The van der Waals surface area contributed by atoms with Crippen molar-refractivity contribution in [3.05, 3.63) is 51.5 Å². The fourth-order valence-corrected chi connectivity index (χ4v) is 4.71. The summed E-state index contributed by atoms with van der Waals surface area (Å²) in [5.74, 6) is 0.160. The molecule has 0 radical (unpaired) electrons. The van der Waals surface area contributed by atoms with Crippen molar-refractivity contribution >= 4 is 51.9 Å². The summed E-state index contributed by atoms with van der Waals surface area (Å²) in [6, 6.07) is 10.3. The summed E-state index contributed by atoms with van der Waals surface area (Å²) in [6.07, 6.45) is 0.751. The standard InChI is InChI=1S/C21H18ClNO3S2/c1-23-7-6-12(18(28)10-23)19-14(24)8-15(25)20-17(27)9-16(26-21(19)20)11-4-2-3-5-13(11)22/h2-5,8-9,12,24-25H,6-7,10H2,1H3. The van der Waals surface area contributed by atoms with Crippen LogP contribution in [-0.4, -0.2) is 40.1 Å². The highest BCUT2D eigenvalue weighted by Crippen LogP contribution is 2.44. The van der Waals surface area contributed by atoms with Crippen LogP contribution in [0.4, 0.5) is 0 Å². The van der Waals surface area contributed by atoms with Gasteiger partial charge >= 0.3 is 0 Å². The topological polar surface area (TPSA) is 56.8 Å². The summed E-state index contributed by atoms with van der Waals surface area (Å²) in [6.45, 7) is 1.50. The van der Waals surface area contributed by atoms with Gasteiger partial charge in [0.2, 0.25) is 0 Å². The molecule has 1 unspecified atom stereocenters. The first-order valence-electron chi connectivity index (χ1n) is 8.85. The van der Waals surface area contributed by atoms with E-state index in [2.05, 4.69) is 4.90 Å². The minimum atomic E-state index is -0.158. The number of phenolic OH excluding ortho intramolecular Hbond substituents is 2. The number of rotatable bonds is 2. The van der Waals surface area contributed by atoms with Crippen molar-refractivity contribution in [2.75, 3.05) is 20.1 Å². The molecule has 0 amide bonds. The van der Waals surface area contributed by atoms with Crippen LogP contribution < -0.4 is 0 Å². The molecule has 1 aliphatic rings. The Kier molecular flexibility index (Phi) is 5.14. The van der Waals surface area contributed by atoms with Crippen LogP contribution >= 0.6 is 36.0 Å². The molecule has 4 nitrogen and oxygen atoms in total. The van der Waals surface area contributed by atoms with Gasteiger partial charge in [0.15, 0.2) is 0 Å². The zero-order chi connectivity index (χ0) is 20.0. The van der Waals surface area contributed by atoms with Crippen LogP contribution in [0.5, 0.6) is 11.5 Å². The van der Waals surface area contributed by atoms with Gasteiger partial charge in [0.25, 0.3) is 0 Å². The van der Waals surface area contributed by atoms with Crippen LogP contribution in [-0.2, 0) is 0 Å². The Hall–Kier alpha value is -1.99. The molecule has 28 heavy (non-hydrogen) atoms. The molecule has 0 saturated carbocycles. The van der Waals surface area contributed by atoms with Crippen molar-refractivity contribution in [2.45, 2.75) is 12.3 Å². The van der Waals surface area contributed by atoms with Gasteiger partial charge in [0.05, 0.1) is 14.9 Å². The molecule has 1 aromatic heterocycles. The lowest BCUT2D eigenvalue weighted by molar-refractivity contribution is 0.343. The molecule has 4 rings (SSSR count). The van der Waals surface area contributed by atoms with Crippen molar-refractivity contribution in [2.24, 2.45) is 0 Å². The molecule has 1 saturated heterocycles. The van der Waals surface area contributed by atoms with E-state index in [1.165, 1.54) is 6.07 Å². The maximum atomic E-state index is 10.7. The molecule has 1 atom stereocenters. The third kappa shape index (κ3) is 3.31. The predicted molar refractivity (Wildman–Crippen MR) is 118 cm³/mol. The zero-order valence-electron chi connectivity index (χ0n) is 15.1. The maximum absolute atomic E-state index is 10.7. The van der Waals surface area contributed by atoms with Gasteiger partial charge in [-0.1, -0.05) is 48.2 Å². The number of thiocarbonyl (C=S) groups is 1. The highest BCUT2D eigenvalue weighted by Gasteiger charge is 2.30. The second-order valence-electron chi connectivity index (χ2n) is 7.03. The van der Waals surface area contributed by atoms with Crippen molar-refractivity contribution in [1.29, 1.82) is 0 Å². The Morgan fingerprint density at radius 2 is 1.89 bits per heavy atom. The van der Waals surface area contributed by atoms with E-state index >= 15 is 0 Å². The highest BCUT2D eigenvalue weighted by atomic mass is 35.5. The van der Waals surface area contributed by atoms with Crippen molar-refractivity contribution in [1.82, 2.24) is 4.90 Å². The van der Waals surface area contributed by atoms with E-state index < -0.39 is 0 Å². The number of nitrogens with zero attached hydrogens (tertiary/aromatic N) is 1. The smallest absolute Gasteiger partial charge is 0.147 e. The van der Waals surface area contributed by atoms with Gasteiger partial charge in [0.1, 0.15) is 22.8 Å². The molecule has 144 valence electrons. The molecule has 3 aromatic rings. The lowest BCUT2D eigenvalue weighted by Gasteiger charge is -2.31. The molecular formula is C21H18ClNO3S2. The Morgan fingerprint density at radius 1 is 1.14 bits per heavy atom. The second-order valence-corrected chi connectivity index (χ2v) is 8.40. The van der Waals surface area contributed by atoms with Gasteiger partial charge in [0, 0.05) is 40.6 Å². The minimum Gasteiger partial charge on any atom is -0.507 e. The van der Waals surface area contributed by atoms with Gasteiger partial charge in [-0.15, -0.1) is 0 Å². The van der Waals surface area contributed by atoms with Crippen LogP contribution in [0.1, 0.15) is 17.9 Å². The summed E-state index contributed by atoms with van der Waals surface area (Å²) in [5, 5.41) is 22.0. The Balaban J connectivity index is 2.01. The monoisotopic (exact) mass is 431 g/mol. The largest absolute Gasteiger partial charge is 0.507 e.